The van der Waals surface area contributed by atoms with E-state index in [1.807, 2.05) is 42.2 Å². The zero-order valence-corrected chi connectivity index (χ0v) is 18.7. The number of hydrogen-bond acceptors (Lipinski definition) is 4. The van der Waals surface area contributed by atoms with Crippen molar-refractivity contribution in [2.45, 2.75) is 32.2 Å². The molecule has 0 spiro atoms. The van der Waals surface area contributed by atoms with Crippen LogP contribution in [0.15, 0.2) is 54.6 Å². The summed E-state index contributed by atoms with van der Waals surface area (Å²) in [5.74, 6) is 0.0225. The first-order chi connectivity index (χ1) is 15.5. The van der Waals surface area contributed by atoms with E-state index in [1.54, 1.807) is 31.4 Å². The average Bonchev–Trinajstić information content (AvgIpc) is 2.86. The van der Waals surface area contributed by atoms with E-state index >= 15 is 0 Å². The molecule has 2 N–H and O–H groups in total. The van der Waals surface area contributed by atoms with Crippen LogP contribution in [0.4, 0.5) is 0 Å². The fraction of sp³-hybridized carbons (Fsp3) is 0.400. The van der Waals surface area contributed by atoms with Crippen molar-refractivity contribution in [3.05, 3.63) is 65.7 Å². The van der Waals surface area contributed by atoms with E-state index < -0.39 is 6.04 Å². The molecule has 2 aromatic carbocycles. The molecule has 1 heterocycles. The average molecular weight is 438 g/mol. The van der Waals surface area contributed by atoms with Gasteiger partial charge in [0.25, 0.3) is 11.8 Å². The zero-order chi connectivity index (χ0) is 22.9. The van der Waals surface area contributed by atoms with Crippen molar-refractivity contribution in [1.29, 1.82) is 0 Å². The van der Waals surface area contributed by atoms with Crippen molar-refractivity contribution in [2.24, 2.45) is 5.92 Å². The summed E-state index contributed by atoms with van der Waals surface area (Å²) in [7, 11) is 1.54. The normalized spacial score (nSPS) is 15.0. The summed E-state index contributed by atoms with van der Waals surface area (Å²) in [6.45, 7) is 3.63. The molecule has 32 heavy (non-hydrogen) atoms. The lowest BCUT2D eigenvalue weighted by Crippen LogP contribution is -2.54. The van der Waals surface area contributed by atoms with Gasteiger partial charge in [0, 0.05) is 30.8 Å². The number of carbonyl (C=O) groups excluding carboxylic acids is 3. The summed E-state index contributed by atoms with van der Waals surface area (Å²) in [6.07, 6.45) is 2.09. The molecule has 0 unspecified atom stereocenters. The van der Waals surface area contributed by atoms with Crippen LogP contribution < -0.4 is 15.4 Å². The molecule has 2 aromatic rings. The third-order valence-electron chi connectivity index (χ3n) is 5.77. The standard InChI is InChI=1S/C25H31N3O4/c1-3-14-26-24(30)22(27-23(29)20-10-7-11-21(17-20)32-2)18-12-15-28(16-13-18)25(31)19-8-5-4-6-9-19/h4-11,17-18,22H,3,12-16H2,1-2H3,(H,26,30)(H,27,29)/t22-/m0/s1. The first kappa shape index (κ1) is 23.3. The number of benzene rings is 2. The Bertz CT molecular complexity index is 924. The number of ether oxygens (including phenoxy) is 1. The van der Waals surface area contributed by atoms with Crippen molar-refractivity contribution in [1.82, 2.24) is 15.5 Å². The first-order valence-corrected chi connectivity index (χ1v) is 11.1. The summed E-state index contributed by atoms with van der Waals surface area (Å²) in [6, 6.07) is 15.4. The van der Waals surface area contributed by atoms with Crippen LogP contribution in [0.5, 0.6) is 5.75 Å². The Morgan fingerprint density at radius 3 is 2.38 bits per heavy atom. The number of nitrogens with zero attached hydrogens (tertiary/aromatic N) is 1. The second-order valence-corrected chi connectivity index (χ2v) is 7.97. The lowest BCUT2D eigenvalue weighted by Gasteiger charge is -2.36. The summed E-state index contributed by atoms with van der Waals surface area (Å²) in [5.41, 5.74) is 1.10. The van der Waals surface area contributed by atoms with Crippen molar-refractivity contribution in [3.63, 3.8) is 0 Å². The lowest BCUT2D eigenvalue weighted by atomic mass is 9.88. The van der Waals surface area contributed by atoms with Crippen molar-refractivity contribution in [3.8, 4) is 5.75 Å². The molecule has 0 saturated carbocycles. The minimum Gasteiger partial charge on any atom is -0.497 e. The SMILES string of the molecule is CCCNC(=O)[C@@H](NC(=O)c1cccc(OC)c1)C1CCN(C(=O)c2ccccc2)CC1. The maximum absolute atomic E-state index is 12.9. The highest BCUT2D eigenvalue weighted by atomic mass is 16.5. The Balaban J connectivity index is 1.68. The van der Waals surface area contributed by atoms with Gasteiger partial charge in [-0.15, -0.1) is 0 Å². The third-order valence-corrected chi connectivity index (χ3v) is 5.77. The summed E-state index contributed by atoms with van der Waals surface area (Å²) >= 11 is 0. The molecule has 1 fully saturated rings. The van der Waals surface area contributed by atoms with E-state index in [2.05, 4.69) is 10.6 Å². The number of carbonyl (C=O) groups is 3. The van der Waals surface area contributed by atoms with Crippen LogP contribution in [-0.4, -0.2) is 55.4 Å². The predicted molar refractivity (Wildman–Crippen MR) is 123 cm³/mol. The predicted octanol–water partition coefficient (Wildman–Crippen LogP) is 2.87. The Morgan fingerprint density at radius 1 is 1.03 bits per heavy atom. The van der Waals surface area contributed by atoms with E-state index in [4.69, 9.17) is 4.74 Å². The van der Waals surface area contributed by atoms with Gasteiger partial charge in [-0.05, 0) is 55.5 Å². The van der Waals surface area contributed by atoms with Gasteiger partial charge in [-0.2, -0.15) is 0 Å². The number of methoxy groups -OCH3 is 1. The van der Waals surface area contributed by atoms with Gasteiger partial charge in [-0.1, -0.05) is 31.2 Å². The van der Waals surface area contributed by atoms with Gasteiger partial charge in [0.05, 0.1) is 7.11 Å². The Labute approximate surface area is 189 Å². The first-order valence-electron chi connectivity index (χ1n) is 11.1. The summed E-state index contributed by atoms with van der Waals surface area (Å²) in [5, 5.41) is 5.84. The third kappa shape index (κ3) is 5.87. The Morgan fingerprint density at radius 2 is 1.72 bits per heavy atom. The highest BCUT2D eigenvalue weighted by Gasteiger charge is 2.34. The molecule has 0 aliphatic carbocycles. The molecular formula is C25H31N3O4. The van der Waals surface area contributed by atoms with E-state index in [1.165, 1.54) is 0 Å². The van der Waals surface area contributed by atoms with Gasteiger partial charge in [0.2, 0.25) is 5.91 Å². The fourth-order valence-corrected chi connectivity index (χ4v) is 3.94. The minimum absolute atomic E-state index is 0.00329. The van der Waals surface area contributed by atoms with E-state index in [9.17, 15) is 14.4 Å². The molecule has 3 amide bonds. The molecule has 1 aliphatic heterocycles. The Hall–Kier alpha value is -3.35. The van der Waals surface area contributed by atoms with Crippen LogP contribution in [0.1, 0.15) is 46.9 Å². The highest BCUT2D eigenvalue weighted by Crippen LogP contribution is 2.23. The lowest BCUT2D eigenvalue weighted by molar-refractivity contribution is -0.124. The molecule has 0 aromatic heterocycles. The molecular weight excluding hydrogens is 406 g/mol. The zero-order valence-electron chi connectivity index (χ0n) is 18.7. The van der Waals surface area contributed by atoms with Crippen LogP contribution >= 0.6 is 0 Å². The summed E-state index contributed by atoms with van der Waals surface area (Å²) < 4.78 is 5.20. The number of piperidine rings is 1. The highest BCUT2D eigenvalue weighted by molar-refractivity contribution is 5.98. The molecule has 0 bridgehead atoms. The van der Waals surface area contributed by atoms with Gasteiger partial charge in [0.1, 0.15) is 11.8 Å². The van der Waals surface area contributed by atoms with Gasteiger partial charge in [-0.25, -0.2) is 0 Å². The number of amides is 3. The molecule has 1 saturated heterocycles. The van der Waals surface area contributed by atoms with Crippen LogP contribution in [-0.2, 0) is 4.79 Å². The van der Waals surface area contributed by atoms with Gasteiger partial charge < -0.3 is 20.3 Å². The number of hydrogen-bond donors (Lipinski definition) is 2. The van der Waals surface area contributed by atoms with Crippen molar-refractivity contribution < 1.29 is 19.1 Å². The van der Waals surface area contributed by atoms with E-state index in [0.717, 1.165) is 6.42 Å². The molecule has 170 valence electrons. The molecule has 0 radical (unpaired) electrons. The molecule has 1 atom stereocenters. The smallest absolute Gasteiger partial charge is 0.253 e. The number of likely N-dealkylation sites (tertiary alicyclic amines) is 1. The second-order valence-electron chi connectivity index (χ2n) is 7.97. The van der Waals surface area contributed by atoms with Gasteiger partial charge >= 0.3 is 0 Å². The number of nitrogens with one attached hydrogen (secondary N) is 2. The molecule has 7 nitrogen and oxygen atoms in total. The van der Waals surface area contributed by atoms with Crippen LogP contribution in [0.3, 0.4) is 0 Å². The van der Waals surface area contributed by atoms with Crippen LogP contribution in [0.25, 0.3) is 0 Å². The molecule has 1 aliphatic rings. The van der Waals surface area contributed by atoms with E-state index in [-0.39, 0.29) is 23.6 Å². The fourth-order valence-electron chi connectivity index (χ4n) is 3.94. The maximum Gasteiger partial charge on any atom is 0.253 e. The monoisotopic (exact) mass is 437 g/mol. The number of rotatable bonds is 8. The van der Waals surface area contributed by atoms with Crippen LogP contribution in [0, 0.1) is 5.92 Å². The van der Waals surface area contributed by atoms with E-state index in [0.29, 0.717) is 49.4 Å². The minimum atomic E-state index is -0.658. The quantitative estimate of drug-likeness (QED) is 0.665. The topological polar surface area (TPSA) is 87.7 Å². The second kappa shape index (κ2) is 11.3. The largest absolute Gasteiger partial charge is 0.497 e. The molecule has 7 heteroatoms. The Kier molecular flexibility index (Phi) is 8.25. The molecule has 3 rings (SSSR count). The summed E-state index contributed by atoms with van der Waals surface area (Å²) in [4.78, 5) is 40.3. The van der Waals surface area contributed by atoms with Crippen LogP contribution in [0.2, 0.25) is 0 Å². The van der Waals surface area contributed by atoms with Crippen molar-refractivity contribution in [2.75, 3.05) is 26.7 Å². The van der Waals surface area contributed by atoms with Gasteiger partial charge in [-0.3, -0.25) is 14.4 Å². The maximum atomic E-state index is 12.9. The van der Waals surface area contributed by atoms with Crippen molar-refractivity contribution >= 4 is 17.7 Å². The van der Waals surface area contributed by atoms with Gasteiger partial charge in [0.15, 0.2) is 0 Å².